The maximum atomic E-state index is 14.4. The first-order valence-corrected chi connectivity index (χ1v) is 15.9. The molecular weight excluding hydrogens is 589 g/mol. The van der Waals surface area contributed by atoms with Crippen LogP contribution in [-0.4, -0.2) is 89.4 Å². The first-order chi connectivity index (χ1) is 21.1. The number of thiophene rings is 1. The lowest BCUT2D eigenvalue weighted by Gasteiger charge is -2.31. The highest BCUT2D eigenvalue weighted by molar-refractivity contribution is 7.16. The number of fused-ring (bicyclic) bond motifs is 2. The van der Waals surface area contributed by atoms with Gasteiger partial charge in [0, 0.05) is 36.5 Å². The number of nitriles is 1. The Morgan fingerprint density at radius 3 is 2.93 bits per heavy atom. The van der Waals surface area contributed by atoms with Gasteiger partial charge in [-0.1, -0.05) is 12.1 Å². The summed E-state index contributed by atoms with van der Waals surface area (Å²) in [6.07, 6.45) is 3.28. The van der Waals surface area contributed by atoms with E-state index >= 15 is 0 Å². The monoisotopic (exact) mass is 627 g/mol. The predicted molar refractivity (Wildman–Crippen MR) is 161 cm³/mol. The number of aryl methyl sites for hydroxylation is 1. The molecule has 236 valence electrons. The number of nitrogens with zero attached hydrogens (tertiary/aromatic N) is 7. The first kappa shape index (κ1) is 30.4. The van der Waals surface area contributed by atoms with E-state index in [0.717, 1.165) is 37.1 Å². The number of hydrogen-bond acceptors (Lipinski definition) is 13. The number of halogens is 1. The molecule has 0 amide bonds. The summed E-state index contributed by atoms with van der Waals surface area (Å²) in [7, 11) is 0. The SMILES string of the molecule is C[C@H]1COCCN(c2nc(OC[C@@]34CCCN3C[C@H](F)C4)nc(C(N)=NOC(=O)[C@@]3(C)CCCc4sc(N)c(C#N)c43)n2)C1. The van der Waals surface area contributed by atoms with E-state index in [4.69, 9.17) is 25.8 Å². The zero-order chi connectivity index (χ0) is 31.1. The van der Waals surface area contributed by atoms with Crippen LogP contribution in [0.2, 0.25) is 0 Å². The van der Waals surface area contributed by atoms with Gasteiger partial charge in [0.2, 0.25) is 17.6 Å². The van der Waals surface area contributed by atoms with Crippen LogP contribution in [-0.2, 0) is 26.2 Å². The lowest BCUT2D eigenvalue weighted by Crippen LogP contribution is -2.43. The molecule has 5 heterocycles. The molecule has 4 atom stereocenters. The molecule has 0 aromatic carbocycles. The van der Waals surface area contributed by atoms with Crippen molar-refractivity contribution in [1.82, 2.24) is 19.9 Å². The standard InChI is InChI=1S/C29H38FN9O4S/c1-17-13-38(9-10-41-15-17)26-34-24(35-27(36-26)42-16-29-7-4-8-39(29)14-18(30)11-29)22(32)37-43-25(40)28(2)6-3-5-20-21(28)19(12-31)23(33)44-20/h17-18H,3-11,13-16,33H2,1-2H3,(H2,32,37)/t17-,18-,28+,29+/m1/s1. The number of oxime groups is 1. The van der Waals surface area contributed by atoms with Crippen molar-refractivity contribution >= 4 is 34.1 Å². The van der Waals surface area contributed by atoms with E-state index < -0.39 is 23.1 Å². The van der Waals surface area contributed by atoms with Gasteiger partial charge in [-0.2, -0.15) is 20.2 Å². The van der Waals surface area contributed by atoms with Crippen LogP contribution in [0.1, 0.15) is 67.8 Å². The molecule has 44 heavy (non-hydrogen) atoms. The van der Waals surface area contributed by atoms with Gasteiger partial charge in [0.05, 0.1) is 29.7 Å². The van der Waals surface area contributed by atoms with Crippen molar-refractivity contribution in [3.8, 4) is 12.1 Å². The van der Waals surface area contributed by atoms with Crippen LogP contribution in [0, 0.1) is 17.2 Å². The summed E-state index contributed by atoms with van der Waals surface area (Å²) in [5, 5.41) is 14.0. The highest BCUT2D eigenvalue weighted by Gasteiger charge is 2.49. The molecule has 0 radical (unpaired) electrons. The van der Waals surface area contributed by atoms with E-state index in [9.17, 15) is 14.4 Å². The fourth-order valence-corrected chi connectivity index (χ4v) is 8.20. The number of carbonyl (C=O) groups excluding carboxylic acids is 1. The van der Waals surface area contributed by atoms with Gasteiger partial charge in [-0.3, -0.25) is 4.90 Å². The normalized spacial score (nSPS) is 29.0. The van der Waals surface area contributed by atoms with E-state index in [1.165, 1.54) is 11.3 Å². The number of alkyl halides is 1. The molecule has 2 aromatic heterocycles. The van der Waals surface area contributed by atoms with E-state index in [2.05, 4.69) is 38.0 Å². The quantitative estimate of drug-likeness (QED) is 0.198. The molecule has 4 aliphatic rings. The van der Waals surface area contributed by atoms with Gasteiger partial charge in [0.25, 0.3) is 0 Å². The van der Waals surface area contributed by atoms with Crippen molar-refractivity contribution in [3.63, 3.8) is 0 Å². The summed E-state index contributed by atoms with van der Waals surface area (Å²) < 4.78 is 26.2. The lowest BCUT2D eigenvalue weighted by molar-refractivity contribution is -0.150. The van der Waals surface area contributed by atoms with Gasteiger partial charge in [-0.05, 0) is 51.5 Å². The summed E-state index contributed by atoms with van der Waals surface area (Å²) in [4.78, 5) is 37.4. The molecule has 0 saturated carbocycles. The van der Waals surface area contributed by atoms with Crippen LogP contribution >= 0.6 is 11.3 Å². The highest BCUT2D eigenvalue weighted by atomic mass is 32.1. The average molecular weight is 628 g/mol. The Kier molecular flexibility index (Phi) is 8.33. The largest absolute Gasteiger partial charge is 0.461 e. The minimum absolute atomic E-state index is 0.0156. The van der Waals surface area contributed by atoms with Crippen LogP contribution in [0.4, 0.5) is 15.3 Å². The van der Waals surface area contributed by atoms with Gasteiger partial charge in [-0.15, -0.1) is 11.3 Å². The van der Waals surface area contributed by atoms with Gasteiger partial charge in [0.15, 0.2) is 0 Å². The third kappa shape index (κ3) is 5.66. The van der Waals surface area contributed by atoms with Gasteiger partial charge >= 0.3 is 12.0 Å². The Bertz CT molecular complexity index is 1500. The van der Waals surface area contributed by atoms with Crippen molar-refractivity contribution in [3.05, 3.63) is 21.8 Å². The number of nitrogens with two attached hydrogens (primary N) is 2. The molecule has 3 saturated heterocycles. The molecule has 13 nitrogen and oxygen atoms in total. The van der Waals surface area contributed by atoms with E-state index in [-0.39, 0.29) is 30.2 Å². The number of aromatic nitrogens is 3. The summed E-state index contributed by atoms with van der Waals surface area (Å²) in [6.45, 7) is 7.58. The summed E-state index contributed by atoms with van der Waals surface area (Å²) in [6, 6.07) is 2.18. The van der Waals surface area contributed by atoms with Crippen molar-refractivity contribution in [1.29, 1.82) is 5.26 Å². The van der Waals surface area contributed by atoms with Gasteiger partial charge < -0.3 is 30.7 Å². The second kappa shape index (κ2) is 12.1. The first-order valence-electron chi connectivity index (χ1n) is 15.1. The molecular formula is C29H38FN9O4S. The third-order valence-electron chi connectivity index (χ3n) is 9.22. The van der Waals surface area contributed by atoms with Crippen molar-refractivity contribution in [2.24, 2.45) is 16.8 Å². The number of amidine groups is 1. The minimum Gasteiger partial charge on any atom is -0.461 e. The molecule has 1 aliphatic carbocycles. The maximum absolute atomic E-state index is 14.4. The predicted octanol–water partition coefficient (Wildman–Crippen LogP) is 2.27. The molecule has 2 aromatic rings. The van der Waals surface area contributed by atoms with Crippen molar-refractivity contribution < 1.29 is 23.5 Å². The fraction of sp³-hybridized carbons (Fsp3) is 0.655. The summed E-state index contributed by atoms with van der Waals surface area (Å²) in [5.74, 6) is -0.342. The van der Waals surface area contributed by atoms with Crippen molar-refractivity contribution in [2.45, 2.75) is 69.5 Å². The zero-order valence-electron chi connectivity index (χ0n) is 25.1. The Balaban J connectivity index is 1.27. The van der Waals surface area contributed by atoms with E-state index in [1.807, 2.05) is 4.90 Å². The summed E-state index contributed by atoms with van der Waals surface area (Å²) >= 11 is 1.33. The molecule has 4 N–H and O–H groups in total. The number of carbonyl (C=O) groups is 1. The molecule has 6 rings (SSSR count). The third-order valence-corrected chi connectivity index (χ3v) is 10.3. The number of rotatable bonds is 7. The van der Waals surface area contributed by atoms with Crippen molar-refractivity contribution in [2.75, 3.05) is 56.6 Å². The molecule has 0 unspecified atom stereocenters. The molecule has 15 heteroatoms. The van der Waals surface area contributed by atoms with E-state index in [0.29, 0.717) is 67.8 Å². The molecule has 3 fully saturated rings. The minimum atomic E-state index is -1.11. The molecule has 0 spiro atoms. The second-order valence-electron chi connectivity index (χ2n) is 12.5. The zero-order valence-corrected chi connectivity index (χ0v) is 25.9. The Morgan fingerprint density at radius 1 is 1.27 bits per heavy atom. The Labute approximate surface area is 259 Å². The number of hydrogen-bond donors (Lipinski definition) is 2. The van der Waals surface area contributed by atoms with E-state index in [1.54, 1.807) is 6.92 Å². The number of nitrogen functional groups attached to an aromatic ring is 1. The number of anilines is 2. The second-order valence-corrected chi connectivity index (χ2v) is 13.7. The van der Waals surface area contributed by atoms with Gasteiger partial charge in [-0.25, -0.2) is 9.18 Å². The summed E-state index contributed by atoms with van der Waals surface area (Å²) in [5.41, 5.74) is 11.8. The van der Waals surface area contributed by atoms with Crippen LogP contribution in [0.15, 0.2) is 5.16 Å². The Morgan fingerprint density at radius 2 is 2.11 bits per heavy atom. The van der Waals surface area contributed by atoms with Gasteiger partial charge in [0.1, 0.15) is 23.8 Å². The Hall–Kier alpha value is -3.61. The van der Waals surface area contributed by atoms with Crippen LogP contribution in [0.5, 0.6) is 6.01 Å². The average Bonchev–Trinajstić information content (AvgIpc) is 3.58. The molecule has 3 aliphatic heterocycles. The van der Waals surface area contributed by atoms with Crippen LogP contribution in [0.25, 0.3) is 0 Å². The topological polar surface area (TPSA) is 178 Å². The lowest BCUT2D eigenvalue weighted by atomic mass is 9.72. The number of ether oxygens (including phenoxy) is 2. The smallest absolute Gasteiger partial charge is 0.345 e. The van der Waals surface area contributed by atoms with Crippen LogP contribution in [0.3, 0.4) is 0 Å². The fourth-order valence-electron chi connectivity index (χ4n) is 7.01. The molecule has 0 bridgehead atoms. The maximum Gasteiger partial charge on any atom is 0.345 e. The highest BCUT2D eigenvalue weighted by Crippen LogP contribution is 2.46. The van der Waals surface area contributed by atoms with Crippen LogP contribution < -0.4 is 21.1 Å².